The molecule has 0 atom stereocenters. The van der Waals surface area contributed by atoms with Gasteiger partial charge in [0.2, 0.25) is 0 Å². The van der Waals surface area contributed by atoms with Gasteiger partial charge in [0, 0.05) is 0 Å². The number of benzene rings is 1. The van der Waals surface area contributed by atoms with E-state index in [1.807, 2.05) is 24.3 Å². The topological polar surface area (TPSA) is 26.0 Å². The number of hydrogen-bond acceptors (Lipinski definition) is 3. The molecule has 3 rings (SSSR count). The molecule has 2 aromatic heterocycles. The smallest absolute Gasteiger partial charge is 0.126 e. The van der Waals surface area contributed by atoms with E-state index in [-0.39, 0.29) is 0 Å². The molecule has 0 bridgehead atoms. The van der Waals surface area contributed by atoms with Gasteiger partial charge in [0.05, 0.1) is 16.5 Å². The first-order chi connectivity index (χ1) is 8.74. The summed E-state index contributed by atoms with van der Waals surface area (Å²) in [5.41, 5.74) is 3.62. The summed E-state index contributed by atoms with van der Waals surface area (Å²) in [5.74, 6) is 0.850. The monoisotopic (exact) mass is 255 g/mol. The number of aryl methyl sites for hydroxylation is 2. The standard InChI is InChI=1S/C15H13NOS/c1-10-5-6-11(2)15-14(10)16-13(18-15)8-7-12-4-3-9-17-12/h3-9H,1-2H3/b8-7+. The number of nitrogens with zero attached hydrogens (tertiary/aromatic N) is 1. The lowest BCUT2D eigenvalue weighted by atomic mass is 10.1. The van der Waals surface area contributed by atoms with Crippen molar-refractivity contribution in [1.82, 2.24) is 4.98 Å². The lowest BCUT2D eigenvalue weighted by Gasteiger charge is -1.96. The predicted octanol–water partition coefficient (Wildman–Crippen LogP) is 4.68. The number of fused-ring (bicyclic) bond motifs is 1. The third kappa shape index (κ3) is 1.97. The Morgan fingerprint density at radius 3 is 2.67 bits per heavy atom. The van der Waals surface area contributed by atoms with Crippen LogP contribution in [0.25, 0.3) is 22.4 Å². The average molecular weight is 255 g/mol. The molecule has 0 N–H and O–H groups in total. The maximum Gasteiger partial charge on any atom is 0.126 e. The van der Waals surface area contributed by atoms with Crippen LogP contribution < -0.4 is 0 Å². The Kier molecular flexibility index (Phi) is 2.76. The van der Waals surface area contributed by atoms with Gasteiger partial charge in [0.1, 0.15) is 10.8 Å². The molecule has 0 amide bonds. The quantitative estimate of drug-likeness (QED) is 0.664. The minimum atomic E-state index is 0.850. The SMILES string of the molecule is Cc1ccc(C)c2sc(/C=C/c3ccco3)nc12. The molecular weight excluding hydrogens is 242 g/mol. The van der Waals surface area contributed by atoms with Crippen molar-refractivity contribution in [2.45, 2.75) is 13.8 Å². The van der Waals surface area contributed by atoms with Crippen molar-refractivity contribution in [2.75, 3.05) is 0 Å². The second-order valence-electron chi connectivity index (χ2n) is 4.28. The Bertz CT molecular complexity index is 669. The van der Waals surface area contributed by atoms with Crippen LogP contribution in [0.5, 0.6) is 0 Å². The van der Waals surface area contributed by atoms with Gasteiger partial charge in [-0.2, -0.15) is 0 Å². The molecule has 0 aliphatic heterocycles. The van der Waals surface area contributed by atoms with Gasteiger partial charge in [0.15, 0.2) is 0 Å². The number of thiazole rings is 1. The molecule has 0 saturated carbocycles. The summed E-state index contributed by atoms with van der Waals surface area (Å²) in [6.45, 7) is 4.22. The normalized spacial score (nSPS) is 11.7. The fraction of sp³-hybridized carbons (Fsp3) is 0.133. The maximum absolute atomic E-state index is 5.27. The van der Waals surface area contributed by atoms with Crippen molar-refractivity contribution >= 4 is 33.7 Å². The van der Waals surface area contributed by atoms with Crippen LogP contribution in [-0.2, 0) is 0 Å². The minimum absolute atomic E-state index is 0.850. The van der Waals surface area contributed by atoms with E-state index in [1.54, 1.807) is 17.6 Å². The van der Waals surface area contributed by atoms with Gasteiger partial charge in [-0.1, -0.05) is 12.1 Å². The molecule has 0 aliphatic rings. The number of aromatic nitrogens is 1. The Morgan fingerprint density at radius 1 is 1.11 bits per heavy atom. The molecule has 0 aliphatic carbocycles. The second kappa shape index (κ2) is 4.42. The van der Waals surface area contributed by atoms with Crippen LogP contribution in [0.1, 0.15) is 21.9 Å². The molecule has 2 nitrogen and oxygen atoms in total. The van der Waals surface area contributed by atoms with Crippen molar-refractivity contribution in [1.29, 1.82) is 0 Å². The number of furan rings is 1. The summed E-state index contributed by atoms with van der Waals surface area (Å²) >= 11 is 1.72. The molecule has 90 valence electrons. The van der Waals surface area contributed by atoms with Crippen molar-refractivity contribution in [3.05, 3.63) is 52.4 Å². The first-order valence-electron chi connectivity index (χ1n) is 5.82. The summed E-state index contributed by atoms with van der Waals surface area (Å²) < 4.78 is 6.54. The van der Waals surface area contributed by atoms with Crippen LogP contribution >= 0.6 is 11.3 Å². The molecule has 3 heteroatoms. The van der Waals surface area contributed by atoms with E-state index in [9.17, 15) is 0 Å². The molecule has 18 heavy (non-hydrogen) atoms. The van der Waals surface area contributed by atoms with Crippen molar-refractivity contribution < 1.29 is 4.42 Å². The predicted molar refractivity (Wildman–Crippen MR) is 76.7 cm³/mol. The maximum atomic E-state index is 5.27. The van der Waals surface area contributed by atoms with Gasteiger partial charge in [0.25, 0.3) is 0 Å². The zero-order chi connectivity index (χ0) is 12.5. The number of rotatable bonds is 2. The highest BCUT2D eigenvalue weighted by molar-refractivity contribution is 7.19. The lowest BCUT2D eigenvalue weighted by molar-refractivity contribution is 0.557. The van der Waals surface area contributed by atoms with Gasteiger partial charge in [-0.25, -0.2) is 4.98 Å². The Morgan fingerprint density at radius 2 is 1.94 bits per heavy atom. The fourth-order valence-corrected chi connectivity index (χ4v) is 2.90. The zero-order valence-electron chi connectivity index (χ0n) is 10.3. The van der Waals surface area contributed by atoms with Crippen LogP contribution in [0.4, 0.5) is 0 Å². The van der Waals surface area contributed by atoms with Gasteiger partial charge in [-0.05, 0) is 49.3 Å². The van der Waals surface area contributed by atoms with Crippen LogP contribution in [0.3, 0.4) is 0 Å². The summed E-state index contributed by atoms with van der Waals surface area (Å²) in [6.07, 6.45) is 5.62. The van der Waals surface area contributed by atoms with Crippen molar-refractivity contribution in [3.8, 4) is 0 Å². The lowest BCUT2D eigenvalue weighted by Crippen LogP contribution is -1.78. The third-order valence-corrected chi connectivity index (χ3v) is 4.05. The Labute approximate surface area is 110 Å². The highest BCUT2D eigenvalue weighted by atomic mass is 32.1. The van der Waals surface area contributed by atoms with Crippen LogP contribution in [0.15, 0.2) is 34.9 Å². The van der Waals surface area contributed by atoms with E-state index in [2.05, 4.69) is 31.0 Å². The molecule has 0 spiro atoms. The summed E-state index contributed by atoms with van der Waals surface area (Å²) in [4.78, 5) is 4.66. The first-order valence-corrected chi connectivity index (χ1v) is 6.64. The zero-order valence-corrected chi connectivity index (χ0v) is 11.1. The molecular formula is C15H13NOS. The first kappa shape index (κ1) is 11.2. The Balaban J connectivity index is 2.04. The highest BCUT2D eigenvalue weighted by Crippen LogP contribution is 2.28. The van der Waals surface area contributed by atoms with Crippen LogP contribution in [0, 0.1) is 13.8 Å². The van der Waals surface area contributed by atoms with Gasteiger partial charge in [-0.15, -0.1) is 11.3 Å². The largest absolute Gasteiger partial charge is 0.465 e. The van der Waals surface area contributed by atoms with Crippen LogP contribution in [-0.4, -0.2) is 4.98 Å². The summed E-state index contributed by atoms with van der Waals surface area (Å²) in [5, 5.41) is 1.01. The molecule has 0 radical (unpaired) electrons. The molecule has 1 aromatic carbocycles. The van der Waals surface area contributed by atoms with E-state index < -0.39 is 0 Å². The summed E-state index contributed by atoms with van der Waals surface area (Å²) in [7, 11) is 0. The van der Waals surface area contributed by atoms with E-state index in [0.29, 0.717) is 0 Å². The highest BCUT2D eigenvalue weighted by Gasteiger charge is 2.06. The fourth-order valence-electron chi connectivity index (χ4n) is 1.89. The van der Waals surface area contributed by atoms with Crippen molar-refractivity contribution in [2.24, 2.45) is 0 Å². The third-order valence-electron chi connectivity index (χ3n) is 2.89. The molecule has 0 saturated heterocycles. The summed E-state index contributed by atoms with van der Waals surface area (Å²) in [6, 6.07) is 8.08. The van der Waals surface area contributed by atoms with Gasteiger partial charge < -0.3 is 4.42 Å². The Hall–Kier alpha value is -1.87. The van der Waals surface area contributed by atoms with E-state index in [0.717, 1.165) is 16.3 Å². The van der Waals surface area contributed by atoms with Crippen LogP contribution in [0.2, 0.25) is 0 Å². The molecule has 0 fully saturated rings. The minimum Gasteiger partial charge on any atom is -0.465 e. The number of hydrogen-bond donors (Lipinski definition) is 0. The van der Waals surface area contributed by atoms with Crippen molar-refractivity contribution in [3.63, 3.8) is 0 Å². The second-order valence-corrected chi connectivity index (χ2v) is 5.31. The van der Waals surface area contributed by atoms with E-state index in [4.69, 9.17) is 4.42 Å². The average Bonchev–Trinajstić information content (AvgIpc) is 3.00. The molecule has 2 heterocycles. The van der Waals surface area contributed by atoms with Gasteiger partial charge >= 0.3 is 0 Å². The van der Waals surface area contributed by atoms with E-state index >= 15 is 0 Å². The van der Waals surface area contributed by atoms with E-state index in [1.165, 1.54) is 15.8 Å². The molecule has 0 unspecified atom stereocenters. The molecule has 3 aromatic rings. The van der Waals surface area contributed by atoms with Gasteiger partial charge in [-0.3, -0.25) is 0 Å².